The second-order valence-corrected chi connectivity index (χ2v) is 13.4. The van der Waals surface area contributed by atoms with Crippen LogP contribution in [-0.2, 0) is 0 Å². The number of hydrogen-bond acceptors (Lipinski definition) is 7. The van der Waals surface area contributed by atoms with Crippen molar-refractivity contribution in [3.63, 3.8) is 0 Å². The first-order valence-electron chi connectivity index (χ1n) is 17.9. The standard InChI is InChI=1S/C47H30N8/c1-2-10-46-44(9-1)45-28-48-12-11-47(45)55(46)43-18-35(31-5-3-7-33(13-31)37-16-39(22-49-20-37)41-24-51-29-52-25-41)15-36(19-43)32-6-4-8-34(14-32)38-17-40(23-50-21-38)42-26-53-30-54-27-42/h1-30H. The van der Waals surface area contributed by atoms with Crippen LogP contribution in [0.4, 0.5) is 0 Å². The molecule has 0 atom stereocenters. The predicted octanol–water partition coefficient (Wildman–Crippen LogP) is 10.6. The first kappa shape index (κ1) is 32.0. The number of pyridine rings is 3. The van der Waals surface area contributed by atoms with Gasteiger partial charge in [-0.1, -0.05) is 54.6 Å². The van der Waals surface area contributed by atoms with Crippen molar-refractivity contribution < 1.29 is 0 Å². The van der Waals surface area contributed by atoms with Gasteiger partial charge in [0.2, 0.25) is 0 Å². The van der Waals surface area contributed by atoms with E-state index in [9.17, 15) is 0 Å². The summed E-state index contributed by atoms with van der Waals surface area (Å²) in [7, 11) is 0. The summed E-state index contributed by atoms with van der Waals surface area (Å²) in [6.07, 6.45) is 21.6. The second kappa shape index (κ2) is 13.7. The normalized spacial score (nSPS) is 11.3. The summed E-state index contributed by atoms with van der Waals surface area (Å²) >= 11 is 0. The zero-order chi connectivity index (χ0) is 36.6. The summed E-state index contributed by atoms with van der Waals surface area (Å²) in [4.78, 5) is 30.5. The van der Waals surface area contributed by atoms with Crippen LogP contribution in [0.3, 0.4) is 0 Å². The van der Waals surface area contributed by atoms with Gasteiger partial charge in [-0.2, -0.15) is 0 Å². The number of fused-ring (bicyclic) bond motifs is 3. The molecule has 0 aliphatic carbocycles. The summed E-state index contributed by atoms with van der Waals surface area (Å²) < 4.78 is 2.34. The Morgan fingerprint density at radius 3 is 1.29 bits per heavy atom. The van der Waals surface area contributed by atoms with Crippen molar-refractivity contribution in [2.45, 2.75) is 0 Å². The lowest BCUT2D eigenvalue weighted by Crippen LogP contribution is -1.96. The molecule has 10 rings (SSSR count). The third kappa shape index (κ3) is 6.07. The fraction of sp³-hybridized carbons (Fsp3) is 0. The van der Waals surface area contributed by atoms with E-state index in [1.54, 1.807) is 0 Å². The van der Waals surface area contributed by atoms with Gasteiger partial charge in [0.15, 0.2) is 0 Å². The number of benzene rings is 4. The van der Waals surface area contributed by atoms with Crippen LogP contribution in [0.15, 0.2) is 184 Å². The zero-order valence-electron chi connectivity index (χ0n) is 29.4. The van der Waals surface area contributed by atoms with Crippen molar-refractivity contribution in [2.75, 3.05) is 0 Å². The molecule has 0 fully saturated rings. The van der Waals surface area contributed by atoms with Crippen LogP contribution in [-0.4, -0.2) is 39.5 Å². The van der Waals surface area contributed by atoms with Crippen molar-refractivity contribution in [1.29, 1.82) is 0 Å². The Labute approximate surface area is 316 Å². The Bertz CT molecular complexity index is 2800. The number of nitrogens with zero attached hydrogens (tertiary/aromatic N) is 8. The summed E-state index contributed by atoms with van der Waals surface area (Å²) in [5, 5.41) is 2.27. The largest absolute Gasteiger partial charge is 0.309 e. The van der Waals surface area contributed by atoms with Gasteiger partial charge in [-0.3, -0.25) is 15.0 Å². The second-order valence-electron chi connectivity index (χ2n) is 13.4. The number of para-hydroxylation sites is 1. The van der Waals surface area contributed by atoms with E-state index in [-0.39, 0.29) is 0 Å². The maximum Gasteiger partial charge on any atom is 0.115 e. The van der Waals surface area contributed by atoms with Gasteiger partial charge in [-0.05, 0) is 88.0 Å². The highest BCUT2D eigenvalue weighted by molar-refractivity contribution is 6.09. The molecule has 0 unspecified atom stereocenters. The molecule has 6 aromatic heterocycles. The highest BCUT2D eigenvalue weighted by Gasteiger charge is 2.16. The number of aromatic nitrogens is 8. The smallest absolute Gasteiger partial charge is 0.115 e. The highest BCUT2D eigenvalue weighted by Crippen LogP contribution is 2.38. The van der Waals surface area contributed by atoms with Crippen LogP contribution in [0.25, 0.3) is 94.3 Å². The molecule has 8 nitrogen and oxygen atoms in total. The molecule has 8 heteroatoms. The number of hydrogen-bond donors (Lipinski definition) is 0. The van der Waals surface area contributed by atoms with Gasteiger partial charge in [0.05, 0.1) is 11.0 Å². The Morgan fingerprint density at radius 2 is 0.727 bits per heavy atom. The van der Waals surface area contributed by atoms with Crippen LogP contribution in [0.1, 0.15) is 0 Å². The summed E-state index contributed by atoms with van der Waals surface area (Å²) in [5.74, 6) is 0. The van der Waals surface area contributed by atoms with E-state index in [2.05, 4.69) is 149 Å². The fourth-order valence-electron chi connectivity index (χ4n) is 7.33. The van der Waals surface area contributed by atoms with Gasteiger partial charge in [0, 0.05) is 112 Å². The lowest BCUT2D eigenvalue weighted by molar-refractivity contribution is 1.17. The third-order valence-corrected chi connectivity index (χ3v) is 9.97. The van der Waals surface area contributed by atoms with Crippen molar-refractivity contribution in [3.05, 3.63) is 184 Å². The predicted molar refractivity (Wildman–Crippen MR) is 218 cm³/mol. The molecule has 0 aliphatic rings. The quantitative estimate of drug-likeness (QED) is 0.163. The van der Waals surface area contributed by atoms with Crippen LogP contribution in [0.2, 0.25) is 0 Å². The molecule has 4 aromatic carbocycles. The average Bonchev–Trinajstić information content (AvgIpc) is 3.61. The minimum absolute atomic E-state index is 0.922. The minimum Gasteiger partial charge on any atom is -0.309 e. The van der Waals surface area contributed by atoms with E-state index in [4.69, 9.17) is 0 Å². The molecule has 55 heavy (non-hydrogen) atoms. The van der Waals surface area contributed by atoms with Crippen molar-refractivity contribution in [3.8, 4) is 72.4 Å². The Morgan fingerprint density at radius 1 is 0.291 bits per heavy atom. The maximum absolute atomic E-state index is 4.58. The van der Waals surface area contributed by atoms with Crippen molar-refractivity contribution in [2.24, 2.45) is 0 Å². The van der Waals surface area contributed by atoms with E-state index in [0.717, 1.165) is 94.3 Å². The molecule has 258 valence electrons. The van der Waals surface area contributed by atoms with Crippen LogP contribution < -0.4 is 0 Å². The van der Waals surface area contributed by atoms with Crippen molar-refractivity contribution >= 4 is 21.8 Å². The van der Waals surface area contributed by atoms with E-state index in [0.29, 0.717) is 0 Å². The summed E-state index contributed by atoms with van der Waals surface area (Å²) in [5.41, 5.74) is 15.6. The molecule has 0 amide bonds. The van der Waals surface area contributed by atoms with Crippen LogP contribution in [0.5, 0.6) is 0 Å². The minimum atomic E-state index is 0.922. The SMILES string of the molecule is c1cc(-c2cncc(-c3cncnc3)c2)cc(-c2cc(-c3cccc(-c4cncc(-c5cncnc5)c4)c3)cc(-n3c4ccccc4c4cnccc43)c2)c1. The molecule has 0 aliphatic heterocycles. The molecule has 0 saturated carbocycles. The Kier molecular flexibility index (Phi) is 7.96. The van der Waals surface area contributed by atoms with Crippen LogP contribution in [0, 0.1) is 0 Å². The lowest BCUT2D eigenvalue weighted by atomic mass is 9.94. The first-order valence-corrected chi connectivity index (χ1v) is 17.9. The molecule has 0 radical (unpaired) electrons. The topological polar surface area (TPSA) is 95.2 Å². The van der Waals surface area contributed by atoms with E-state index < -0.39 is 0 Å². The van der Waals surface area contributed by atoms with Crippen LogP contribution >= 0.6 is 0 Å². The highest BCUT2D eigenvalue weighted by atomic mass is 15.0. The number of rotatable bonds is 7. The summed E-state index contributed by atoms with van der Waals surface area (Å²) in [6, 6.07) is 39.0. The Hall–Kier alpha value is -7.71. The van der Waals surface area contributed by atoms with Gasteiger partial charge < -0.3 is 4.57 Å². The maximum atomic E-state index is 4.58. The first-order chi connectivity index (χ1) is 27.2. The molecule has 10 aromatic rings. The van der Waals surface area contributed by atoms with E-state index in [1.165, 1.54) is 12.7 Å². The van der Waals surface area contributed by atoms with Gasteiger partial charge in [-0.25, -0.2) is 19.9 Å². The molecule has 0 N–H and O–H groups in total. The van der Waals surface area contributed by atoms with Crippen molar-refractivity contribution in [1.82, 2.24) is 39.5 Å². The van der Waals surface area contributed by atoms with Gasteiger partial charge in [0.1, 0.15) is 12.7 Å². The fourth-order valence-corrected chi connectivity index (χ4v) is 7.33. The Balaban J connectivity index is 1.13. The molecular formula is C47H30N8. The van der Waals surface area contributed by atoms with Gasteiger partial charge in [-0.15, -0.1) is 0 Å². The molecule has 0 spiro atoms. The van der Waals surface area contributed by atoms with Gasteiger partial charge in [0.25, 0.3) is 0 Å². The van der Waals surface area contributed by atoms with E-state index >= 15 is 0 Å². The average molecular weight is 707 g/mol. The lowest BCUT2D eigenvalue weighted by Gasteiger charge is -2.15. The summed E-state index contributed by atoms with van der Waals surface area (Å²) in [6.45, 7) is 0. The molecular weight excluding hydrogens is 677 g/mol. The molecule has 6 heterocycles. The van der Waals surface area contributed by atoms with Gasteiger partial charge >= 0.3 is 0 Å². The zero-order valence-corrected chi connectivity index (χ0v) is 29.4. The van der Waals surface area contributed by atoms with E-state index in [1.807, 2.05) is 62.0 Å². The molecule has 0 bridgehead atoms. The molecule has 0 saturated heterocycles. The monoisotopic (exact) mass is 706 g/mol. The third-order valence-electron chi connectivity index (χ3n) is 9.97.